The molecule has 0 unspecified atom stereocenters. The van der Waals surface area contributed by atoms with Crippen molar-refractivity contribution in [1.29, 1.82) is 0 Å². The molecular formula is C18H20ClN. The summed E-state index contributed by atoms with van der Waals surface area (Å²) in [4.78, 5) is 2.33. The molecule has 2 aromatic carbocycles. The maximum absolute atomic E-state index is 6.01. The smallest absolute Gasteiger partial charge is 0.0406 e. The van der Waals surface area contributed by atoms with Crippen molar-refractivity contribution in [2.24, 2.45) is 0 Å². The van der Waals surface area contributed by atoms with E-state index in [4.69, 9.17) is 11.6 Å². The lowest BCUT2D eigenvalue weighted by Gasteiger charge is -2.35. The molecule has 0 bridgehead atoms. The molecule has 1 aliphatic rings. The molecule has 0 aliphatic heterocycles. The summed E-state index contributed by atoms with van der Waals surface area (Å²) in [5, 5.41) is 0.809. The van der Waals surface area contributed by atoms with Crippen LogP contribution < -0.4 is 0 Å². The molecule has 0 N–H and O–H groups in total. The average Bonchev–Trinajstić information content (AvgIpc) is 2.47. The van der Waals surface area contributed by atoms with Crippen LogP contribution in [0.3, 0.4) is 0 Å². The Kier molecular flexibility index (Phi) is 3.82. The lowest BCUT2D eigenvalue weighted by Crippen LogP contribution is -2.26. The van der Waals surface area contributed by atoms with Gasteiger partial charge in [0.25, 0.3) is 0 Å². The summed E-state index contributed by atoms with van der Waals surface area (Å²) in [5.74, 6) is 0.500. The Morgan fingerprint density at radius 2 is 1.55 bits per heavy atom. The minimum absolute atomic E-state index is 0.500. The van der Waals surface area contributed by atoms with E-state index < -0.39 is 0 Å². The SMILES string of the molecule is CN(C)[C@H]1CC[C@H](c2ccc(Cl)cc2)c2ccccc21. The first-order valence-electron chi connectivity index (χ1n) is 7.17. The van der Waals surface area contributed by atoms with E-state index >= 15 is 0 Å². The quantitative estimate of drug-likeness (QED) is 0.761. The second kappa shape index (κ2) is 5.59. The number of hydrogen-bond donors (Lipinski definition) is 0. The van der Waals surface area contributed by atoms with Gasteiger partial charge in [0.15, 0.2) is 0 Å². The van der Waals surface area contributed by atoms with Crippen molar-refractivity contribution >= 4 is 11.6 Å². The molecule has 1 nitrogen and oxygen atoms in total. The van der Waals surface area contributed by atoms with Crippen molar-refractivity contribution in [3.8, 4) is 0 Å². The zero-order chi connectivity index (χ0) is 14.1. The summed E-state index contributed by atoms with van der Waals surface area (Å²) < 4.78 is 0. The first kappa shape index (κ1) is 13.7. The molecule has 0 heterocycles. The highest BCUT2D eigenvalue weighted by Gasteiger charge is 2.28. The van der Waals surface area contributed by atoms with Gasteiger partial charge in [-0.1, -0.05) is 48.0 Å². The van der Waals surface area contributed by atoms with E-state index in [0.717, 1.165) is 5.02 Å². The van der Waals surface area contributed by atoms with Gasteiger partial charge in [0.05, 0.1) is 0 Å². The summed E-state index contributed by atoms with van der Waals surface area (Å²) in [6.07, 6.45) is 2.40. The Morgan fingerprint density at radius 1 is 0.900 bits per heavy atom. The third-order valence-corrected chi connectivity index (χ3v) is 4.61. The van der Waals surface area contributed by atoms with E-state index in [0.29, 0.717) is 12.0 Å². The van der Waals surface area contributed by atoms with Gasteiger partial charge >= 0.3 is 0 Å². The number of fused-ring (bicyclic) bond motifs is 1. The van der Waals surface area contributed by atoms with Crippen LogP contribution in [0.2, 0.25) is 5.02 Å². The maximum Gasteiger partial charge on any atom is 0.0406 e. The fourth-order valence-electron chi connectivity index (χ4n) is 3.34. The van der Waals surface area contributed by atoms with Crippen LogP contribution >= 0.6 is 11.6 Å². The molecule has 2 aromatic rings. The van der Waals surface area contributed by atoms with E-state index in [1.807, 2.05) is 12.1 Å². The fourth-order valence-corrected chi connectivity index (χ4v) is 3.47. The highest BCUT2D eigenvalue weighted by molar-refractivity contribution is 6.30. The van der Waals surface area contributed by atoms with Crippen LogP contribution in [-0.2, 0) is 0 Å². The van der Waals surface area contributed by atoms with Gasteiger partial charge in [0.1, 0.15) is 0 Å². The number of benzene rings is 2. The summed E-state index contributed by atoms with van der Waals surface area (Å²) in [6, 6.07) is 17.7. The molecule has 20 heavy (non-hydrogen) atoms. The first-order valence-corrected chi connectivity index (χ1v) is 7.55. The van der Waals surface area contributed by atoms with Crippen molar-refractivity contribution in [3.63, 3.8) is 0 Å². The summed E-state index contributed by atoms with van der Waals surface area (Å²) in [7, 11) is 4.34. The minimum Gasteiger partial charge on any atom is -0.302 e. The monoisotopic (exact) mass is 285 g/mol. The Labute approximate surface area is 126 Å². The standard InChI is InChI=1S/C18H20ClN/c1-20(2)18-12-11-15(13-7-9-14(19)10-8-13)16-5-3-4-6-17(16)18/h3-10,15,18H,11-12H2,1-2H3/t15-,18+/m1/s1. The summed E-state index contributed by atoms with van der Waals surface area (Å²) >= 11 is 6.01. The molecule has 0 spiro atoms. The molecular weight excluding hydrogens is 266 g/mol. The highest BCUT2D eigenvalue weighted by atomic mass is 35.5. The predicted octanol–water partition coefficient (Wildman–Crippen LogP) is 4.87. The van der Waals surface area contributed by atoms with E-state index in [2.05, 4.69) is 55.4 Å². The molecule has 2 heteroatoms. The van der Waals surface area contributed by atoms with E-state index in [1.54, 1.807) is 0 Å². The Bertz CT molecular complexity index is 589. The number of nitrogens with zero attached hydrogens (tertiary/aromatic N) is 1. The molecule has 0 saturated heterocycles. The predicted molar refractivity (Wildman–Crippen MR) is 85.4 cm³/mol. The highest BCUT2D eigenvalue weighted by Crippen LogP contribution is 2.42. The van der Waals surface area contributed by atoms with Gasteiger partial charge in [-0.25, -0.2) is 0 Å². The van der Waals surface area contributed by atoms with Crippen molar-refractivity contribution in [2.45, 2.75) is 24.8 Å². The van der Waals surface area contributed by atoms with Gasteiger partial charge in [-0.2, -0.15) is 0 Å². The third-order valence-electron chi connectivity index (χ3n) is 4.35. The maximum atomic E-state index is 6.01. The molecule has 1 aliphatic carbocycles. The van der Waals surface area contributed by atoms with E-state index in [-0.39, 0.29) is 0 Å². The van der Waals surface area contributed by atoms with Crippen LogP contribution in [0.25, 0.3) is 0 Å². The first-order chi connectivity index (χ1) is 9.66. The third kappa shape index (κ3) is 2.48. The summed E-state index contributed by atoms with van der Waals surface area (Å²) in [5.41, 5.74) is 4.32. The second-order valence-corrected chi connectivity index (χ2v) is 6.23. The van der Waals surface area contributed by atoms with Crippen LogP contribution in [0.5, 0.6) is 0 Å². The van der Waals surface area contributed by atoms with E-state index in [1.165, 1.54) is 29.5 Å². The second-order valence-electron chi connectivity index (χ2n) is 5.79. The zero-order valence-electron chi connectivity index (χ0n) is 12.0. The lowest BCUT2D eigenvalue weighted by molar-refractivity contribution is 0.263. The topological polar surface area (TPSA) is 3.24 Å². The largest absolute Gasteiger partial charge is 0.302 e. The molecule has 0 aromatic heterocycles. The normalized spacial score (nSPS) is 21.8. The number of halogens is 1. The molecule has 2 atom stereocenters. The van der Waals surface area contributed by atoms with Crippen LogP contribution in [0.1, 0.15) is 41.5 Å². The van der Waals surface area contributed by atoms with Crippen LogP contribution in [0, 0.1) is 0 Å². The van der Waals surface area contributed by atoms with Crippen molar-refractivity contribution in [2.75, 3.05) is 14.1 Å². The fraction of sp³-hybridized carbons (Fsp3) is 0.333. The molecule has 0 fully saturated rings. The Hall–Kier alpha value is -1.31. The van der Waals surface area contributed by atoms with Gasteiger partial charge < -0.3 is 4.90 Å². The zero-order valence-corrected chi connectivity index (χ0v) is 12.8. The van der Waals surface area contributed by atoms with Gasteiger partial charge in [0, 0.05) is 17.0 Å². The lowest BCUT2D eigenvalue weighted by atomic mass is 9.76. The molecule has 0 radical (unpaired) electrons. The Balaban J connectivity index is 2.02. The number of hydrogen-bond acceptors (Lipinski definition) is 1. The molecule has 104 valence electrons. The van der Waals surface area contributed by atoms with Crippen molar-refractivity contribution in [3.05, 3.63) is 70.2 Å². The molecule has 0 saturated carbocycles. The summed E-state index contributed by atoms with van der Waals surface area (Å²) in [6.45, 7) is 0. The minimum atomic E-state index is 0.500. The van der Waals surface area contributed by atoms with E-state index in [9.17, 15) is 0 Å². The van der Waals surface area contributed by atoms with Crippen LogP contribution in [-0.4, -0.2) is 19.0 Å². The van der Waals surface area contributed by atoms with Crippen molar-refractivity contribution in [1.82, 2.24) is 4.90 Å². The van der Waals surface area contributed by atoms with Gasteiger partial charge in [-0.15, -0.1) is 0 Å². The molecule has 0 amide bonds. The Morgan fingerprint density at radius 3 is 2.20 bits per heavy atom. The average molecular weight is 286 g/mol. The van der Waals surface area contributed by atoms with Gasteiger partial charge in [-0.05, 0) is 55.8 Å². The molecule has 3 rings (SSSR count). The van der Waals surface area contributed by atoms with Gasteiger partial charge in [0.2, 0.25) is 0 Å². The van der Waals surface area contributed by atoms with Gasteiger partial charge in [-0.3, -0.25) is 0 Å². The van der Waals surface area contributed by atoms with Crippen LogP contribution in [0.15, 0.2) is 48.5 Å². The number of rotatable bonds is 2. The van der Waals surface area contributed by atoms with Crippen LogP contribution in [0.4, 0.5) is 0 Å². The van der Waals surface area contributed by atoms with Crippen molar-refractivity contribution < 1.29 is 0 Å².